The number of hydrogen-bond donors (Lipinski definition) is 1. The van der Waals surface area contributed by atoms with Gasteiger partial charge in [-0.1, -0.05) is 60.6 Å². The lowest BCUT2D eigenvalue weighted by molar-refractivity contribution is -0.144. The Morgan fingerprint density at radius 1 is 0.964 bits per heavy atom. The molecular formula is C24H40O4. The molecule has 0 aromatic carbocycles. The standard InChI is InChI=1S/C13H22O2.C11H18O2/c1-5-9(3)13(14)15-12-7-10(4)11(6-2)8-12;1-4-9-5-7(2)6-10(9)8(3)11(12)13/h10-12H,3,5-8H2,1-2,4H3;7,9-10H,3-6H2,1-2H3,(H,12,13). The molecule has 0 heterocycles. The monoisotopic (exact) mass is 392 g/mol. The number of ether oxygens (including phenoxy) is 1. The first-order chi connectivity index (χ1) is 13.1. The van der Waals surface area contributed by atoms with Crippen molar-refractivity contribution in [2.45, 2.75) is 85.7 Å². The quantitative estimate of drug-likeness (QED) is 0.425. The summed E-state index contributed by atoms with van der Waals surface area (Å²) in [7, 11) is 0. The number of carboxylic acids is 1. The zero-order valence-electron chi connectivity index (χ0n) is 18.5. The van der Waals surface area contributed by atoms with E-state index < -0.39 is 5.97 Å². The Morgan fingerprint density at radius 3 is 2.04 bits per heavy atom. The SMILES string of the molecule is C=C(C(=O)O)C1CC(C)CC1CC.C=C(CC)C(=O)OC1CC(C)C(CC)C1. The van der Waals surface area contributed by atoms with Crippen molar-refractivity contribution in [3.8, 4) is 0 Å². The van der Waals surface area contributed by atoms with Gasteiger partial charge in [0.1, 0.15) is 6.10 Å². The van der Waals surface area contributed by atoms with Crippen LogP contribution in [-0.2, 0) is 14.3 Å². The fourth-order valence-electron chi connectivity index (χ4n) is 4.76. The summed E-state index contributed by atoms with van der Waals surface area (Å²) in [6, 6.07) is 0. The van der Waals surface area contributed by atoms with Gasteiger partial charge in [-0.3, -0.25) is 0 Å². The van der Waals surface area contributed by atoms with Crippen molar-refractivity contribution in [2.24, 2.45) is 29.6 Å². The molecule has 0 aromatic heterocycles. The van der Waals surface area contributed by atoms with E-state index in [0.29, 0.717) is 35.3 Å². The number of carboxylic acid groups (broad SMARTS) is 1. The molecule has 0 radical (unpaired) electrons. The highest BCUT2D eigenvalue weighted by atomic mass is 16.5. The molecule has 6 atom stereocenters. The Bertz CT molecular complexity index is 565. The number of carbonyl (C=O) groups excluding carboxylic acids is 1. The largest absolute Gasteiger partial charge is 0.478 e. The molecule has 0 amide bonds. The van der Waals surface area contributed by atoms with E-state index in [1.807, 2.05) is 6.92 Å². The van der Waals surface area contributed by atoms with E-state index in [1.165, 1.54) is 6.42 Å². The Kier molecular flexibility index (Phi) is 9.98. The van der Waals surface area contributed by atoms with Crippen LogP contribution in [0.25, 0.3) is 0 Å². The average Bonchev–Trinajstić information content (AvgIpc) is 3.22. The number of aliphatic carboxylic acids is 1. The van der Waals surface area contributed by atoms with Gasteiger partial charge < -0.3 is 9.84 Å². The molecular weight excluding hydrogens is 352 g/mol. The topological polar surface area (TPSA) is 63.6 Å². The molecule has 1 N–H and O–H groups in total. The summed E-state index contributed by atoms with van der Waals surface area (Å²) in [6.45, 7) is 18.1. The lowest BCUT2D eigenvalue weighted by Gasteiger charge is -2.17. The van der Waals surface area contributed by atoms with E-state index in [4.69, 9.17) is 9.84 Å². The Hall–Kier alpha value is -1.58. The van der Waals surface area contributed by atoms with Crippen LogP contribution in [0.4, 0.5) is 0 Å². The lowest BCUT2D eigenvalue weighted by Crippen LogP contribution is -2.16. The minimum Gasteiger partial charge on any atom is -0.478 e. The van der Waals surface area contributed by atoms with Crippen LogP contribution < -0.4 is 0 Å². The summed E-state index contributed by atoms with van der Waals surface area (Å²) in [5, 5.41) is 8.84. The molecule has 2 aliphatic rings. The van der Waals surface area contributed by atoms with E-state index in [0.717, 1.165) is 38.0 Å². The summed E-state index contributed by atoms with van der Waals surface area (Å²) in [4.78, 5) is 22.3. The number of esters is 1. The van der Waals surface area contributed by atoms with Crippen LogP contribution in [-0.4, -0.2) is 23.1 Å². The summed E-state index contributed by atoms with van der Waals surface area (Å²) >= 11 is 0. The molecule has 4 nitrogen and oxygen atoms in total. The molecule has 0 bridgehead atoms. The van der Waals surface area contributed by atoms with Crippen molar-refractivity contribution < 1.29 is 19.4 Å². The zero-order valence-corrected chi connectivity index (χ0v) is 18.5. The molecule has 6 unspecified atom stereocenters. The second-order valence-corrected chi connectivity index (χ2v) is 8.78. The van der Waals surface area contributed by atoms with Gasteiger partial charge >= 0.3 is 11.9 Å². The maximum absolute atomic E-state index is 11.5. The normalized spacial score (nSPS) is 31.6. The second kappa shape index (κ2) is 11.4. The van der Waals surface area contributed by atoms with E-state index in [9.17, 15) is 9.59 Å². The third-order valence-corrected chi connectivity index (χ3v) is 6.70. The van der Waals surface area contributed by atoms with Crippen LogP contribution >= 0.6 is 0 Å². The highest BCUT2D eigenvalue weighted by Gasteiger charge is 2.34. The van der Waals surface area contributed by atoms with Crippen LogP contribution in [0.2, 0.25) is 0 Å². The van der Waals surface area contributed by atoms with Gasteiger partial charge in [-0.05, 0) is 61.7 Å². The molecule has 2 saturated carbocycles. The molecule has 0 aliphatic heterocycles. The van der Waals surface area contributed by atoms with Gasteiger partial charge in [-0.15, -0.1) is 0 Å². The van der Waals surface area contributed by atoms with Crippen LogP contribution in [0.5, 0.6) is 0 Å². The Labute approximate surface area is 171 Å². The summed E-state index contributed by atoms with van der Waals surface area (Å²) in [5.74, 6) is 1.80. The van der Waals surface area contributed by atoms with Crippen molar-refractivity contribution >= 4 is 11.9 Å². The van der Waals surface area contributed by atoms with E-state index >= 15 is 0 Å². The Balaban J connectivity index is 0.000000283. The fourth-order valence-corrected chi connectivity index (χ4v) is 4.76. The Morgan fingerprint density at radius 2 is 1.57 bits per heavy atom. The van der Waals surface area contributed by atoms with Gasteiger partial charge in [0, 0.05) is 11.1 Å². The van der Waals surface area contributed by atoms with Gasteiger partial charge in [0.2, 0.25) is 0 Å². The van der Waals surface area contributed by atoms with Crippen molar-refractivity contribution in [3.63, 3.8) is 0 Å². The molecule has 0 aromatic rings. The highest BCUT2D eigenvalue weighted by molar-refractivity contribution is 5.87. The van der Waals surface area contributed by atoms with E-state index in [-0.39, 0.29) is 18.0 Å². The zero-order chi connectivity index (χ0) is 21.4. The van der Waals surface area contributed by atoms with Crippen LogP contribution in [0, 0.1) is 29.6 Å². The lowest BCUT2D eigenvalue weighted by atomic mass is 9.88. The van der Waals surface area contributed by atoms with E-state index in [2.05, 4.69) is 40.9 Å². The molecule has 0 saturated heterocycles. The first kappa shape index (κ1) is 24.5. The van der Waals surface area contributed by atoms with Crippen LogP contribution in [0.15, 0.2) is 24.3 Å². The van der Waals surface area contributed by atoms with E-state index in [1.54, 1.807) is 0 Å². The van der Waals surface area contributed by atoms with Gasteiger partial charge in [-0.25, -0.2) is 9.59 Å². The van der Waals surface area contributed by atoms with Crippen LogP contribution in [0.3, 0.4) is 0 Å². The predicted molar refractivity (Wildman–Crippen MR) is 114 cm³/mol. The molecule has 28 heavy (non-hydrogen) atoms. The third-order valence-electron chi connectivity index (χ3n) is 6.70. The molecule has 2 rings (SSSR count). The third kappa shape index (κ3) is 6.79. The van der Waals surface area contributed by atoms with Crippen molar-refractivity contribution in [2.75, 3.05) is 0 Å². The number of carbonyl (C=O) groups is 2. The minimum absolute atomic E-state index is 0.126. The van der Waals surface area contributed by atoms with Gasteiger partial charge in [0.25, 0.3) is 0 Å². The number of rotatable bonds is 7. The van der Waals surface area contributed by atoms with Gasteiger partial charge in [-0.2, -0.15) is 0 Å². The number of hydrogen-bond acceptors (Lipinski definition) is 3. The summed E-state index contributed by atoms with van der Waals surface area (Å²) < 4.78 is 5.43. The van der Waals surface area contributed by atoms with Crippen molar-refractivity contribution in [1.82, 2.24) is 0 Å². The van der Waals surface area contributed by atoms with Crippen LogP contribution in [0.1, 0.15) is 79.6 Å². The first-order valence-electron chi connectivity index (χ1n) is 10.9. The van der Waals surface area contributed by atoms with Crippen molar-refractivity contribution in [3.05, 3.63) is 24.3 Å². The maximum Gasteiger partial charge on any atom is 0.333 e. The fraction of sp³-hybridized carbons (Fsp3) is 0.750. The summed E-state index contributed by atoms with van der Waals surface area (Å²) in [5.41, 5.74) is 0.999. The smallest absolute Gasteiger partial charge is 0.333 e. The average molecular weight is 393 g/mol. The first-order valence-corrected chi connectivity index (χ1v) is 10.9. The van der Waals surface area contributed by atoms with Gasteiger partial charge in [0.15, 0.2) is 0 Å². The molecule has 0 spiro atoms. The maximum atomic E-state index is 11.5. The molecule has 4 heteroatoms. The molecule has 2 aliphatic carbocycles. The second-order valence-electron chi connectivity index (χ2n) is 8.78. The van der Waals surface area contributed by atoms with Gasteiger partial charge in [0.05, 0.1) is 0 Å². The van der Waals surface area contributed by atoms with Crippen molar-refractivity contribution in [1.29, 1.82) is 0 Å². The highest BCUT2D eigenvalue weighted by Crippen LogP contribution is 2.41. The minimum atomic E-state index is -0.822. The summed E-state index contributed by atoms with van der Waals surface area (Å²) in [6.07, 6.45) is 7.27. The predicted octanol–water partition coefficient (Wildman–Crippen LogP) is 6.02. The molecule has 2 fully saturated rings. The molecule has 160 valence electrons.